The van der Waals surface area contributed by atoms with Gasteiger partial charge in [0.1, 0.15) is 25.1 Å². The fraction of sp³-hybridized carbons (Fsp3) is 0.595. The Morgan fingerprint density at radius 3 is 2.20 bits per heavy atom. The molecule has 0 unspecified atom stereocenters. The third-order valence-electron chi connectivity index (χ3n) is 9.98. The smallest absolute Gasteiger partial charge is 0.169 e. The van der Waals surface area contributed by atoms with Crippen molar-refractivity contribution < 1.29 is 23.3 Å². The Kier molecular flexibility index (Phi) is 10.7. The van der Waals surface area contributed by atoms with E-state index in [0.717, 1.165) is 77.0 Å². The first-order valence-electron chi connectivity index (χ1n) is 17.8. The van der Waals surface area contributed by atoms with E-state index in [9.17, 15) is 4.39 Å². The fourth-order valence-electron chi connectivity index (χ4n) is 6.62. The maximum absolute atomic E-state index is 14.2. The summed E-state index contributed by atoms with van der Waals surface area (Å²) in [6.07, 6.45) is 7.36. The molecule has 1 aliphatic carbocycles. The van der Waals surface area contributed by atoms with Crippen LogP contribution in [-0.4, -0.2) is 75.0 Å². The molecule has 4 aromatic rings. The number of aromatic nitrogens is 4. The Labute approximate surface area is 292 Å². The molecule has 0 bridgehead atoms. The zero-order valence-electron chi connectivity index (χ0n) is 30.6. The van der Waals surface area contributed by atoms with Crippen molar-refractivity contribution >= 4 is 38.5 Å². The van der Waals surface area contributed by atoms with Crippen molar-refractivity contribution in [1.29, 1.82) is 0 Å². The molecule has 1 saturated heterocycles. The molecule has 0 N–H and O–H groups in total. The van der Waals surface area contributed by atoms with Crippen LogP contribution >= 0.6 is 0 Å². The molecule has 1 aromatic carbocycles. The molecule has 2 fully saturated rings. The fourth-order valence-corrected chi connectivity index (χ4v) is 8.14. The predicted octanol–water partition coefficient (Wildman–Crippen LogP) is 8.90. The van der Waals surface area contributed by atoms with Crippen molar-refractivity contribution in [1.82, 2.24) is 19.6 Å². The Balaban J connectivity index is 1.36. The summed E-state index contributed by atoms with van der Waals surface area (Å²) in [6, 6.07) is 11.0. The average molecular weight is 708 g/mol. The van der Waals surface area contributed by atoms with Crippen LogP contribution in [0.1, 0.15) is 51.1 Å². The van der Waals surface area contributed by atoms with E-state index in [1.54, 1.807) is 6.07 Å². The number of rotatable bonds is 14. The summed E-state index contributed by atoms with van der Waals surface area (Å²) in [5.74, 6) is 0.868. The zero-order chi connectivity index (χ0) is 35.0. The molecule has 12 heteroatoms. The number of anilines is 1. The van der Waals surface area contributed by atoms with Gasteiger partial charge in [-0.15, -0.1) is 0 Å². The van der Waals surface area contributed by atoms with Crippen LogP contribution in [0.15, 0.2) is 42.7 Å². The molecule has 2 aliphatic rings. The van der Waals surface area contributed by atoms with Gasteiger partial charge in [0, 0.05) is 75.2 Å². The van der Waals surface area contributed by atoms with E-state index in [2.05, 4.69) is 62.2 Å². The monoisotopic (exact) mass is 707 g/mol. The lowest BCUT2D eigenvalue weighted by molar-refractivity contribution is -0.411. The lowest BCUT2D eigenvalue weighted by atomic mass is 9.70. The van der Waals surface area contributed by atoms with Gasteiger partial charge in [-0.1, -0.05) is 46.2 Å². The summed E-state index contributed by atoms with van der Waals surface area (Å²) >= 11 is 0. The SMILES string of the molecule is CC1OC(C2(C)CCC(c3cc(N(COCC[Si](C)(C)C)COCC[Si](C)(C)C)n4ncc(-c5cnc6ccc(F)cc6c5)c4n3)CC2)O1. The normalized spacial score (nSPS) is 23.2. The minimum Gasteiger partial charge on any atom is -0.361 e. The molecular formula is C37H54FN5O4Si2. The van der Waals surface area contributed by atoms with E-state index in [1.165, 1.54) is 12.1 Å². The van der Waals surface area contributed by atoms with E-state index in [0.29, 0.717) is 26.7 Å². The van der Waals surface area contributed by atoms with Crippen LogP contribution < -0.4 is 4.90 Å². The number of pyridine rings is 1. The number of halogens is 1. The minimum atomic E-state index is -1.26. The number of fused-ring (bicyclic) bond motifs is 2. The number of hydrogen-bond acceptors (Lipinski definition) is 8. The topological polar surface area (TPSA) is 83.2 Å². The number of hydrogen-bond donors (Lipinski definition) is 0. The van der Waals surface area contributed by atoms with E-state index < -0.39 is 16.1 Å². The molecule has 3 aromatic heterocycles. The Bertz CT molecular complexity index is 1720. The van der Waals surface area contributed by atoms with Crippen LogP contribution in [0, 0.1) is 11.2 Å². The molecule has 0 atom stereocenters. The molecule has 4 heterocycles. The third kappa shape index (κ3) is 8.77. The number of nitrogens with zero attached hydrogens (tertiary/aromatic N) is 5. The molecular weight excluding hydrogens is 654 g/mol. The summed E-state index contributed by atoms with van der Waals surface area (Å²) in [4.78, 5) is 12.1. The molecule has 1 saturated carbocycles. The van der Waals surface area contributed by atoms with Crippen LogP contribution in [0.5, 0.6) is 0 Å². The standard InChI is InChI=1S/C37H54FN5O4Si2/c1-26-46-36(47-26)37(2)13-11-27(12-14-37)33-21-34(42(24-44-15-17-48(3,4)5)25-45-16-18-49(6,7)8)43-35(41-33)31(23-40-43)29-19-28-20-30(38)9-10-32(28)39-22-29/h9-10,19-23,26-27,36H,11-18,24-25H2,1-8H3. The second-order valence-corrected chi connectivity index (χ2v) is 28.0. The van der Waals surface area contributed by atoms with Gasteiger partial charge in [-0.25, -0.2) is 9.37 Å². The Morgan fingerprint density at radius 1 is 0.939 bits per heavy atom. The van der Waals surface area contributed by atoms with E-state index in [4.69, 9.17) is 29.0 Å². The van der Waals surface area contributed by atoms with Gasteiger partial charge in [0.2, 0.25) is 0 Å². The van der Waals surface area contributed by atoms with Crippen molar-refractivity contribution in [3.8, 4) is 11.1 Å². The van der Waals surface area contributed by atoms with Gasteiger partial charge >= 0.3 is 0 Å². The highest BCUT2D eigenvalue weighted by Crippen LogP contribution is 2.49. The first kappa shape index (κ1) is 36.1. The van der Waals surface area contributed by atoms with E-state index >= 15 is 0 Å². The molecule has 9 nitrogen and oxygen atoms in total. The maximum Gasteiger partial charge on any atom is 0.169 e. The molecule has 6 rings (SSSR count). The highest BCUT2D eigenvalue weighted by Gasteiger charge is 2.46. The lowest BCUT2D eigenvalue weighted by Gasteiger charge is -2.48. The van der Waals surface area contributed by atoms with Gasteiger partial charge < -0.3 is 23.8 Å². The third-order valence-corrected chi connectivity index (χ3v) is 13.4. The highest BCUT2D eigenvalue weighted by molar-refractivity contribution is 6.76. The van der Waals surface area contributed by atoms with Crippen LogP contribution in [-0.2, 0) is 18.9 Å². The van der Waals surface area contributed by atoms with Gasteiger partial charge in [-0.3, -0.25) is 4.98 Å². The van der Waals surface area contributed by atoms with Crippen molar-refractivity contribution in [2.45, 2.75) is 109 Å². The molecule has 0 amide bonds. The van der Waals surface area contributed by atoms with Crippen molar-refractivity contribution in [2.24, 2.45) is 5.41 Å². The second kappa shape index (κ2) is 14.5. The van der Waals surface area contributed by atoms with Crippen molar-refractivity contribution in [2.75, 3.05) is 31.6 Å². The van der Waals surface area contributed by atoms with Crippen LogP contribution in [0.4, 0.5) is 10.2 Å². The molecule has 49 heavy (non-hydrogen) atoms. The predicted molar refractivity (Wildman–Crippen MR) is 199 cm³/mol. The minimum absolute atomic E-state index is 0.00972. The second-order valence-electron chi connectivity index (χ2n) is 16.7. The van der Waals surface area contributed by atoms with Crippen LogP contribution in [0.3, 0.4) is 0 Å². The maximum atomic E-state index is 14.2. The highest BCUT2D eigenvalue weighted by atomic mass is 28.3. The Hall–Kier alpha value is -2.75. The summed E-state index contributed by atoms with van der Waals surface area (Å²) in [5, 5.41) is 5.63. The largest absolute Gasteiger partial charge is 0.361 e. The molecule has 266 valence electrons. The lowest BCUT2D eigenvalue weighted by Crippen LogP contribution is -2.50. The molecule has 0 spiro atoms. The summed E-state index contributed by atoms with van der Waals surface area (Å²) in [5.41, 5.74) is 4.21. The zero-order valence-corrected chi connectivity index (χ0v) is 32.6. The van der Waals surface area contributed by atoms with Gasteiger partial charge in [0.25, 0.3) is 0 Å². The van der Waals surface area contributed by atoms with Gasteiger partial charge in [0.15, 0.2) is 18.2 Å². The van der Waals surface area contributed by atoms with Crippen LogP contribution in [0.2, 0.25) is 51.4 Å². The van der Waals surface area contributed by atoms with E-state index in [1.807, 2.05) is 29.9 Å². The average Bonchev–Trinajstić information content (AvgIpc) is 3.45. The summed E-state index contributed by atoms with van der Waals surface area (Å²) in [7, 11) is -2.52. The quantitative estimate of drug-likeness (QED) is 0.0730. The number of ether oxygens (including phenoxy) is 4. The van der Waals surface area contributed by atoms with Gasteiger partial charge in [-0.2, -0.15) is 9.61 Å². The summed E-state index contributed by atoms with van der Waals surface area (Å²) in [6.45, 7) is 20.6. The van der Waals surface area contributed by atoms with Crippen molar-refractivity contribution in [3.05, 3.63) is 54.2 Å². The number of benzene rings is 1. The molecule has 1 aliphatic heterocycles. The van der Waals surface area contributed by atoms with Gasteiger partial charge in [0.05, 0.1) is 11.7 Å². The van der Waals surface area contributed by atoms with Gasteiger partial charge in [-0.05, 0) is 69.0 Å². The Morgan fingerprint density at radius 2 is 1.59 bits per heavy atom. The molecule has 0 radical (unpaired) electrons. The van der Waals surface area contributed by atoms with Crippen LogP contribution in [0.25, 0.3) is 27.7 Å². The first-order valence-corrected chi connectivity index (χ1v) is 25.2. The first-order chi connectivity index (χ1) is 23.2. The van der Waals surface area contributed by atoms with Crippen molar-refractivity contribution in [3.63, 3.8) is 0 Å². The van der Waals surface area contributed by atoms with E-state index in [-0.39, 0.29) is 29.7 Å². The summed E-state index contributed by atoms with van der Waals surface area (Å²) < 4.78 is 40.7.